The van der Waals surface area contributed by atoms with E-state index in [0.29, 0.717) is 0 Å². The predicted molar refractivity (Wildman–Crippen MR) is 454 cm³/mol. The molecule has 0 unspecified atom stereocenters. The van der Waals surface area contributed by atoms with E-state index in [9.17, 15) is 0 Å². The van der Waals surface area contributed by atoms with Crippen LogP contribution in [0.5, 0.6) is 46.0 Å². The van der Waals surface area contributed by atoms with Crippen molar-refractivity contribution in [1.82, 2.24) is 0 Å². The molecule has 0 aliphatic carbocycles. The molecule has 108 heavy (non-hydrogen) atoms. The lowest BCUT2D eigenvalue weighted by Gasteiger charge is -2.35. The second-order valence-electron chi connectivity index (χ2n) is 31.1. The van der Waals surface area contributed by atoms with Crippen LogP contribution in [0.25, 0.3) is 121 Å². The van der Waals surface area contributed by atoms with Crippen LogP contribution >= 0.6 is 0 Å². The first-order chi connectivity index (χ1) is 52.9. The van der Waals surface area contributed by atoms with Gasteiger partial charge in [0.05, 0.1) is 0 Å². The van der Waals surface area contributed by atoms with Crippen LogP contribution in [0, 0.1) is 0 Å². The van der Waals surface area contributed by atoms with Gasteiger partial charge in [-0.15, -0.1) is 0 Å². The molecule has 0 spiro atoms. The lowest BCUT2D eigenvalue weighted by molar-refractivity contribution is 0.459. The van der Waals surface area contributed by atoms with E-state index in [1.165, 1.54) is 110 Å². The van der Waals surface area contributed by atoms with Crippen LogP contribution in [0.15, 0.2) is 340 Å². The summed E-state index contributed by atoms with van der Waals surface area (Å²) in [6.45, 7) is 13.5. The maximum atomic E-state index is 7.12. The average Bonchev–Trinajstić information content (AvgIpc) is 0.705. The maximum Gasteiger partial charge on any atom is 0.260 e. The van der Waals surface area contributed by atoms with Crippen molar-refractivity contribution >= 4 is 89.3 Å². The lowest BCUT2D eigenvalue weighted by Crippen LogP contribution is -2.57. The number of benzene rings is 17. The Kier molecular flexibility index (Phi) is 15.2. The first-order valence-electron chi connectivity index (χ1n) is 37.7. The highest BCUT2D eigenvalue weighted by atomic mass is 16.5. The fourth-order valence-corrected chi connectivity index (χ4v) is 17.9. The van der Waals surface area contributed by atoms with Gasteiger partial charge in [-0.1, -0.05) is 345 Å². The smallest absolute Gasteiger partial charge is 0.260 e. The highest BCUT2D eigenvalue weighted by Gasteiger charge is 2.44. The first kappa shape index (κ1) is 64.7. The molecule has 0 fully saturated rings. The van der Waals surface area contributed by atoms with Gasteiger partial charge in [0.1, 0.15) is 46.0 Å². The standard InChI is InChI=1S/C54H39BO2.C48H35BO2/c1-54(2,3)44-27-14-13-19-36(44)35-31-32-45-49(33-35)56-47-29-16-30-48-52(47)55(45)46-28-15-26-43(53(46)57-48)37-20-7-8-21-38(37)51-41-24-11-9-22-39(41)50(34-17-5-4-6-18-34)40-23-10-12-25-42(40)51;1-48(2,3)31-28-42-46-43(29-31)51-47-38(24-15-26-40(47)49(46)39-25-13-14-27-41(39)50-42)32-18-7-8-19-33(32)45-36-22-11-9-20-34(36)44(30-16-5-4-6-17-30)35-21-10-12-23-37(35)45/h4-33H,1-3H3;4-29H,1-3H3. The summed E-state index contributed by atoms with van der Waals surface area (Å²) < 4.78 is 27.5. The normalized spacial score (nSPS) is 12.8. The second kappa shape index (κ2) is 25.4. The van der Waals surface area contributed by atoms with Gasteiger partial charge in [-0.3, -0.25) is 0 Å². The summed E-state index contributed by atoms with van der Waals surface area (Å²) in [6, 6.07) is 123. The van der Waals surface area contributed by atoms with Crippen molar-refractivity contribution in [1.29, 1.82) is 0 Å². The molecule has 17 aromatic carbocycles. The van der Waals surface area contributed by atoms with Gasteiger partial charge in [0.25, 0.3) is 13.4 Å². The molecule has 512 valence electrons. The van der Waals surface area contributed by atoms with E-state index >= 15 is 0 Å². The highest BCUT2D eigenvalue weighted by molar-refractivity contribution is 6.99. The zero-order valence-corrected chi connectivity index (χ0v) is 61.1. The third-order valence-electron chi connectivity index (χ3n) is 22.7. The van der Waals surface area contributed by atoms with Crippen LogP contribution in [-0.4, -0.2) is 13.4 Å². The minimum Gasteiger partial charge on any atom is -0.458 e. The summed E-state index contributed by atoms with van der Waals surface area (Å²) in [5, 5.41) is 9.89. The van der Waals surface area contributed by atoms with Gasteiger partial charge in [0.15, 0.2) is 0 Å². The molecule has 0 saturated heterocycles. The van der Waals surface area contributed by atoms with E-state index < -0.39 is 0 Å². The van der Waals surface area contributed by atoms with Gasteiger partial charge >= 0.3 is 0 Å². The first-order valence-corrected chi connectivity index (χ1v) is 37.7. The van der Waals surface area contributed by atoms with Crippen LogP contribution in [0.1, 0.15) is 52.7 Å². The predicted octanol–water partition coefficient (Wildman–Crippen LogP) is 23.7. The van der Waals surface area contributed by atoms with Gasteiger partial charge < -0.3 is 18.9 Å². The molecule has 21 rings (SSSR count). The number of hydrogen-bond acceptors (Lipinski definition) is 4. The van der Waals surface area contributed by atoms with Crippen molar-refractivity contribution < 1.29 is 18.9 Å². The third kappa shape index (κ3) is 10.5. The van der Waals surface area contributed by atoms with Crippen molar-refractivity contribution in [3.05, 3.63) is 351 Å². The second-order valence-corrected chi connectivity index (χ2v) is 31.1. The van der Waals surface area contributed by atoms with E-state index in [1.54, 1.807) is 0 Å². The minimum atomic E-state index is -0.0782. The van der Waals surface area contributed by atoms with Gasteiger partial charge in [0.2, 0.25) is 0 Å². The number of ether oxygens (including phenoxy) is 4. The quantitative estimate of drug-likeness (QED) is 0.118. The summed E-state index contributed by atoms with van der Waals surface area (Å²) in [7, 11) is 0. The molecule has 4 heterocycles. The van der Waals surface area contributed by atoms with Gasteiger partial charge in [0, 0.05) is 22.1 Å². The molecule has 0 aromatic heterocycles. The number of para-hydroxylation sites is 3. The summed E-state index contributed by atoms with van der Waals surface area (Å²) >= 11 is 0. The molecule has 0 bridgehead atoms. The van der Waals surface area contributed by atoms with Gasteiger partial charge in [-0.25, -0.2) is 0 Å². The van der Waals surface area contributed by atoms with E-state index in [4.69, 9.17) is 18.9 Å². The van der Waals surface area contributed by atoms with Crippen LogP contribution in [0.3, 0.4) is 0 Å². The Balaban J connectivity index is 0.000000143. The molecule has 17 aromatic rings. The molecule has 0 saturated carbocycles. The van der Waals surface area contributed by atoms with Crippen molar-refractivity contribution in [3.8, 4) is 124 Å². The van der Waals surface area contributed by atoms with Crippen LogP contribution in [0.4, 0.5) is 0 Å². The average molecular weight is 1390 g/mol. The van der Waals surface area contributed by atoms with Crippen molar-refractivity contribution in [2.24, 2.45) is 0 Å². The molecule has 0 N–H and O–H groups in total. The lowest BCUT2D eigenvalue weighted by atomic mass is 9.34. The Morgan fingerprint density at radius 3 is 1.05 bits per heavy atom. The third-order valence-corrected chi connectivity index (χ3v) is 22.7. The molecule has 4 nitrogen and oxygen atoms in total. The summed E-state index contributed by atoms with van der Waals surface area (Å²) in [6.07, 6.45) is 0. The summed E-state index contributed by atoms with van der Waals surface area (Å²) in [5.41, 5.74) is 25.9. The van der Waals surface area contributed by atoms with Gasteiger partial charge in [-0.2, -0.15) is 0 Å². The SMILES string of the molecule is CC(C)(C)c1cc2c3c(c1)Oc1c(cccc1-c1ccccc1-c1c4ccccc4c(-c4ccccc4)c4ccccc14)B3c1ccccc1O2.CC(C)(C)c1ccccc1-c1ccc2c(c1)Oc1cccc3c1B2c1cccc(-c2ccccc2-c2c4ccccc4c(-c4ccccc4)c4ccccc24)c1O3. The van der Waals surface area contributed by atoms with E-state index in [1.807, 2.05) is 6.07 Å². The Bertz CT molecular complexity index is 6430. The van der Waals surface area contributed by atoms with Crippen LogP contribution in [0.2, 0.25) is 0 Å². The molecule has 0 amide bonds. The van der Waals surface area contributed by atoms with Crippen molar-refractivity contribution in [2.75, 3.05) is 0 Å². The Morgan fingerprint density at radius 1 is 0.213 bits per heavy atom. The van der Waals surface area contributed by atoms with Crippen LogP contribution in [-0.2, 0) is 10.8 Å². The van der Waals surface area contributed by atoms with E-state index in [0.717, 1.165) is 101 Å². The minimum absolute atomic E-state index is 0.00310. The largest absolute Gasteiger partial charge is 0.458 e. The van der Waals surface area contributed by atoms with Gasteiger partial charge in [-0.05, 0) is 190 Å². The topological polar surface area (TPSA) is 36.9 Å². The Labute approximate surface area is 631 Å². The molecule has 6 heteroatoms. The maximum absolute atomic E-state index is 7.12. The highest BCUT2D eigenvalue weighted by Crippen LogP contribution is 2.52. The zero-order chi connectivity index (χ0) is 72.5. The Hall–Kier alpha value is -12.9. The fourth-order valence-electron chi connectivity index (χ4n) is 17.9. The number of hydrogen-bond donors (Lipinski definition) is 0. The molecular weight excluding hydrogens is 1310 g/mol. The summed E-state index contributed by atoms with van der Waals surface area (Å²) in [4.78, 5) is 0. The summed E-state index contributed by atoms with van der Waals surface area (Å²) in [5.74, 6) is 7.04. The zero-order valence-electron chi connectivity index (χ0n) is 61.1. The molecule has 0 radical (unpaired) electrons. The monoisotopic (exact) mass is 1380 g/mol. The molecule has 0 atom stereocenters. The fraction of sp³-hybridized carbons (Fsp3) is 0.0784. The number of rotatable bonds is 7. The van der Waals surface area contributed by atoms with E-state index in [2.05, 4.69) is 375 Å². The van der Waals surface area contributed by atoms with E-state index in [-0.39, 0.29) is 24.3 Å². The van der Waals surface area contributed by atoms with Crippen molar-refractivity contribution in [3.63, 3.8) is 0 Å². The molecular formula is C102H74B2O4. The van der Waals surface area contributed by atoms with Crippen molar-refractivity contribution in [2.45, 2.75) is 52.4 Å². The molecule has 4 aliphatic heterocycles. The number of fused-ring (bicyclic) bond motifs is 12. The molecule has 4 aliphatic rings. The van der Waals surface area contributed by atoms with Crippen LogP contribution < -0.4 is 51.7 Å². The Morgan fingerprint density at radius 2 is 0.556 bits per heavy atom.